The molecule has 0 bridgehead atoms. The molecule has 1 unspecified atom stereocenters. The number of benzene rings is 2. The van der Waals surface area contributed by atoms with Crippen molar-refractivity contribution in [3.63, 3.8) is 0 Å². The minimum Gasteiger partial charge on any atom is -0.496 e. The smallest absolute Gasteiger partial charge is 0.126 e. The van der Waals surface area contributed by atoms with E-state index in [0.29, 0.717) is 13.1 Å². The van der Waals surface area contributed by atoms with Crippen LogP contribution in [0.15, 0.2) is 66.9 Å². The summed E-state index contributed by atoms with van der Waals surface area (Å²) in [6, 6.07) is 17.4. The van der Waals surface area contributed by atoms with Gasteiger partial charge in [0, 0.05) is 30.2 Å². The molecule has 2 N–H and O–H groups in total. The zero-order valence-electron chi connectivity index (χ0n) is 15.3. The Morgan fingerprint density at radius 3 is 2.93 bits per heavy atom. The second-order valence-corrected chi connectivity index (χ2v) is 6.13. The molecule has 0 saturated carbocycles. The third kappa shape index (κ3) is 5.54. The van der Waals surface area contributed by atoms with Crippen LogP contribution in [0.4, 0.5) is 0 Å². The lowest BCUT2D eigenvalue weighted by Crippen LogP contribution is -2.31. The van der Waals surface area contributed by atoms with Gasteiger partial charge in [0.05, 0.1) is 12.6 Å². The number of fused-ring (bicyclic) bond motifs is 1. The summed E-state index contributed by atoms with van der Waals surface area (Å²) in [6.45, 7) is 1.33. The van der Waals surface area contributed by atoms with Crippen molar-refractivity contribution in [1.29, 1.82) is 0 Å². The third-order valence-corrected chi connectivity index (χ3v) is 4.10. The summed E-state index contributed by atoms with van der Waals surface area (Å²) in [5.41, 5.74) is 1.95. The van der Waals surface area contributed by atoms with E-state index in [1.54, 1.807) is 13.3 Å². The third-order valence-electron chi connectivity index (χ3n) is 4.10. The standard InChI is InChI=1S/C22H24N2O3/c1-26-22-9-3-2-6-17(22)7-4-12-23-15-19(25)16-27-20-10-11-21-18(14-20)8-5-13-24-21/h2-11,13-14,19,23,25H,12,15-16H2,1H3. The molecule has 1 heterocycles. The van der Waals surface area contributed by atoms with E-state index >= 15 is 0 Å². The summed E-state index contributed by atoms with van der Waals surface area (Å²) >= 11 is 0. The molecule has 1 atom stereocenters. The average Bonchev–Trinajstić information content (AvgIpc) is 2.72. The summed E-state index contributed by atoms with van der Waals surface area (Å²) in [7, 11) is 1.66. The molecule has 27 heavy (non-hydrogen) atoms. The van der Waals surface area contributed by atoms with Crippen molar-refractivity contribution in [3.8, 4) is 11.5 Å². The van der Waals surface area contributed by atoms with Crippen molar-refractivity contribution < 1.29 is 14.6 Å². The first-order valence-electron chi connectivity index (χ1n) is 8.92. The molecule has 0 spiro atoms. The van der Waals surface area contributed by atoms with Gasteiger partial charge in [-0.1, -0.05) is 36.4 Å². The van der Waals surface area contributed by atoms with Gasteiger partial charge in [-0.2, -0.15) is 0 Å². The lowest BCUT2D eigenvalue weighted by molar-refractivity contribution is 0.107. The number of aliphatic hydroxyl groups excluding tert-OH is 1. The van der Waals surface area contributed by atoms with Gasteiger partial charge in [0.15, 0.2) is 0 Å². The molecule has 0 aliphatic heterocycles. The zero-order valence-corrected chi connectivity index (χ0v) is 15.3. The topological polar surface area (TPSA) is 63.6 Å². The van der Waals surface area contributed by atoms with Gasteiger partial charge in [0.1, 0.15) is 24.2 Å². The van der Waals surface area contributed by atoms with Crippen LogP contribution in [0.3, 0.4) is 0 Å². The van der Waals surface area contributed by atoms with Crippen LogP contribution in [-0.4, -0.2) is 43.0 Å². The van der Waals surface area contributed by atoms with Gasteiger partial charge in [0.25, 0.3) is 0 Å². The number of pyridine rings is 1. The Labute approximate surface area is 159 Å². The van der Waals surface area contributed by atoms with Crippen molar-refractivity contribution in [2.45, 2.75) is 6.10 Å². The van der Waals surface area contributed by atoms with Crippen LogP contribution < -0.4 is 14.8 Å². The van der Waals surface area contributed by atoms with Gasteiger partial charge in [0.2, 0.25) is 0 Å². The number of nitrogens with zero attached hydrogens (tertiary/aromatic N) is 1. The Hall–Kier alpha value is -2.89. The van der Waals surface area contributed by atoms with Crippen LogP contribution in [-0.2, 0) is 0 Å². The lowest BCUT2D eigenvalue weighted by Gasteiger charge is -2.13. The fourth-order valence-electron chi connectivity index (χ4n) is 2.72. The largest absolute Gasteiger partial charge is 0.496 e. The molecule has 3 rings (SSSR count). The highest BCUT2D eigenvalue weighted by molar-refractivity contribution is 5.79. The van der Waals surface area contributed by atoms with Crippen molar-refractivity contribution in [1.82, 2.24) is 10.3 Å². The summed E-state index contributed by atoms with van der Waals surface area (Å²) in [6.07, 6.45) is 5.18. The number of para-hydroxylation sites is 1. The van der Waals surface area contributed by atoms with E-state index < -0.39 is 6.10 Å². The predicted molar refractivity (Wildman–Crippen MR) is 108 cm³/mol. The Kier molecular flexibility index (Phi) is 6.79. The fraction of sp³-hybridized carbons (Fsp3) is 0.227. The van der Waals surface area contributed by atoms with E-state index in [4.69, 9.17) is 9.47 Å². The highest BCUT2D eigenvalue weighted by Gasteiger charge is 2.05. The van der Waals surface area contributed by atoms with E-state index in [0.717, 1.165) is 28.0 Å². The summed E-state index contributed by atoms with van der Waals surface area (Å²) in [4.78, 5) is 4.28. The van der Waals surface area contributed by atoms with Gasteiger partial charge in [-0.3, -0.25) is 4.98 Å². The highest BCUT2D eigenvalue weighted by atomic mass is 16.5. The van der Waals surface area contributed by atoms with Crippen LogP contribution in [0.2, 0.25) is 0 Å². The number of aliphatic hydroxyl groups is 1. The Bertz CT molecular complexity index is 895. The Morgan fingerprint density at radius 1 is 1.15 bits per heavy atom. The molecule has 5 heteroatoms. The van der Waals surface area contributed by atoms with Crippen LogP contribution in [0.25, 0.3) is 17.0 Å². The van der Waals surface area contributed by atoms with Crippen LogP contribution in [0, 0.1) is 0 Å². The van der Waals surface area contributed by atoms with Gasteiger partial charge in [-0.05, 0) is 30.3 Å². The van der Waals surface area contributed by atoms with E-state index in [2.05, 4.69) is 10.3 Å². The van der Waals surface area contributed by atoms with E-state index in [9.17, 15) is 5.11 Å². The Morgan fingerprint density at radius 2 is 2.04 bits per heavy atom. The molecule has 1 aromatic heterocycles. The summed E-state index contributed by atoms with van der Waals surface area (Å²) in [5.74, 6) is 1.57. The quantitative estimate of drug-likeness (QED) is 0.571. The minimum absolute atomic E-state index is 0.231. The van der Waals surface area contributed by atoms with E-state index in [-0.39, 0.29) is 6.61 Å². The highest BCUT2D eigenvalue weighted by Crippen LogP contribution is 2.19. The molecule has 0 amide bonds. The second-order valence-electron chi connectivity index (χ2n) is 6.13. The first-order valence-corrected chi connectivity index (χ1v) is 8.92. The number of nitrogens with one attached hydrogen (secondary N) is 1. The molecule has 0 radical (unpaired) electrons. The molecular weight excluding hydrogens is 340 g/mol. The number of aromatic nitrogens is 1. The number of methoxy groups -OCH3 is 1. The molecule has 0 fully saturated rings. The van der Waals surface area contributed by atoms with Crippen LogP contribution in [0.5, 0.6) is 11.5 Å². The monoisotopic (exact) mass is 364 g/mol. The maximum absolute atomic E-state index is 10.1. The average molecular weight is 364 g/mol. The van der Waals surface area contributed by atoms with Gasteiger partial charge < -0.3 is 19.9 Å². The Balaban J connectivity index is 1.40. The van der Waals surface area contributed by atoms with Gasteiger partial charge in [-0.15, -0.1) is 0 Å². The van der Waals surface area contributed by atoms with Gasteiger partial charge >= 0.3 is 0 Å². The first-order chi connectivity index (χ1) is 13.3. The SMILES string of the molecule is COc1ccccc1C=CCNCC(O)COc1ccc2ncccc2c1. The van der Waals surface area contributed by atoms with Crippen molar-refractivity contribution in [3.05, 3.63) is 72.4 Å². The molecule has 0 saturated heterocycles. The molecule has 5 nitrogen and oxygen atoms in total. The molecule has 140 valence electrons. The lowest BCUT2D eigenvalue weighted by atomic mass is 10.2. The number of ether oxygens (including phenoxy) is 2. The van der Waals surface area contributed by atoms with Crippen molar-refractivity contribution >= 4 is 17.0 Å². The maximum atomic E-state index is 10.1. The molecular formula is C22H24N2O3. The van der Waals surface area contributed by atoms with Crippen LogP contribution >= 0.6 is 0 Å². The summed E-state index contributed by atoms with van der Waals surface area (Å²) < 4.78 is 11.0. The predicted octanol–water partition coefficient (Wildman–Crippen LogP) is 3.29. The van der Waals surface area contributed by atoms with Gasteiger partial charge in [-0.25, -0.2) is 0 Å². The van der Waals surface area contributed by atoms with E-state index in [1.165, 1.54) is 0 Å². The molecule has 2 aromatic carbocycles. The van der Waals surface area contributed by atoms with E-state index in [1.807, 2.05) is 66.7 Å². The molecule has 0 aliphatic rings. The minimum atomic E-state index is -0.589. The first kappa shape index (κ1) is 18.9. The van der Waals surface area contributed by atoms with Crippen molar-refractivity contribution in [2.75, 3.05) is 26.8 Å². The second kappa shape index (κ2) is 9.71. The maximum Gasteiger partial charge on any atom is 0.126 e. The summed E-state index contributed by atoms with van der Waals surface area (Å²) in [5, 5.41) is 14.3. The number of hydrogen-bond acceptors (Lipinski definition) is 5. The number of hydrogen-bond donors (Lipinski definition) is 2. The van der Waals surface area contributed by atoms with Crippen molar-refractivity contribution in [2.24, 2.45) is 0 Å². The molecule has 0 aliphatic carbocycles. The zero-order chi connectivity index (χ0) is 18.9. The fourth-order valence-corrected chi connectivity index (χ4v) is 2.72. The van der Waals surface area contributed by atoms with Crippen LogP contribution in [0.1, 0.15) is 5.56 Å². The number of rotatable bonds is 9. The molecule has 3 aromatic rings. The normalized spacial score (nSPS) is 12.4.